The fourth-order valence-corrected chi connectivity index (χ4v) is 2.25. The van der Waals surface area contributed by atoms with E-state index in [1.807, 2.05) is 11.4 Å². The van der Waals surface area contributed by atoms with Gasteiger partial charge in [0.25, 0.3) is 0 Å². The smallest absolute Gasteiger partial charge is 0.220 e. The second-order valence-corrected chi connectivity index (χ2v) is 4.42. The minimum absolute atomic E-state index is 0. The van der Waals surface area contributed by atoms with Crippen molar-refractivity contribution in [3.05, 3.63) is 22.4 Å². The van der Waals surface area contributed by atoms with E-state index in [-0.39, 0.29) is 24.4 Å². The number of halogens is 1. The lowest BCUT2D eigenvalue weighted by molar-refractivity contribution is -0.121. The highest BCUT2D eigenvalue weighted by Crippen LogP contribution is 2.21. The van der Waals surface area contributed by atoms with Gasteiger partial charge in [0.15, 0.2) is 0 Å². The van der Waals surface area contributed by atoms with Gasteiger partial charge in [0.1, 0.15) is 0 Å². The Balaban J connectivity index is 0.00000225. The van der Waals surface area contributed by atoms with Gasteiger partial charge in [0.2, 0.25) is 5.91 Å². The molecule has 3 nitrogen and oxygen atoms in total. The number of thiophene rings is 1. The van der Waals surface area contributed by atoms with Crippen molar-refractivity contribution in [2.75, 3.05) is 6.54 Å². The van der Waals surface area contributed by atoms with Crippen LogP contribution in [-0.2, 0) is 4.79 Å². The Labute approximate surface area is 107 Å². The monoisotopic (exact) mass is 262 g/mol. The van der Waals surface area contributed by atoms with Crippen LogP contribution >= 0.6 is 23.7 Å². The largest absolute Gasteiger partial charge is 0.348 e. The minimum Gasteiger partial charge on any atom is -0.348 e. The fraction of sp³-hybridized carbons (Fsp3) is 0.545. The van der Waals surface area contributed by atoms with Gasteiger partial charge in [0.05, 0.1) is 6.04 Å². The third-order valence-corrected chi connectivity index (χ3v) is 3.22. The predicted octanol–water partition coefficient (Wildman–Crippen LogP) is 2.48. The summed E-state index contributed by atoms with van der Waals surface area (Å²) in [5.74, 6) is 0.0979. The second kappa shape index (κ2) is 8.56. The van der Waals surface area contributed by atoms with E-state index >= 15 is 0 Å². The molecule has 3 N–H and O–H groups in total. The molecule has 0 fully saturated rings. The second-order valence-electron chi connectivity index (χ2n) is 3.44. The number of hydrogen-bond acceptors (Lipinski definition) is 3. The van der Waals surface area contributed by atoms with Crippen molar-refractivity contribution in [3.63, 3.8) is 0 Å². The van der Waals surface area contributed by atoms with Crippen LogP contribution in [0.5, 0.6) is 0 Å². The van der Waals surface area contributed by atoms with Gasteiger partial charge in [-0.05, 0) is 30.8 Å². The number of rotatable bonds is 6. The van der Waals surface area contributed by atoms with E-state index < -0.39 is 0 Å². The highest BCUT2D eigenvalue weighted by atomic mass is 35.5. The summed E-state index contributed by atoms with van der Waals surface area (Å²) >= 11 is 1.68. The molecule has 5 heteroatoms. The molecule has 1 unspecified atom stereocenters. The Kier molecular flexibility index (Phi) is 8.25. The summed E-state index contributed by atoms with van der Waals surface area (Å²) < 4.78 is 0. The first kappa shape index (κ1) is 15.4. The van der Waals surface area contributed by atoms with E-state index in [9.17, 15) is 4.79 Å². The van der Waals surface area contributed by atoms with E-state index in [0.29, 0.717) is 13.0 Å². The Bertz CT molecular complexity index is 290. The number of nitrogens with two attached hydrogens (primary N) is 1. The minimum atomic E-state index is 0. The molecular weight excluding hydrogens is 244 g/mol. The van der Waals surface area contributed by atoms with Crippen molar-refractivity contribution < 1.29 is 4.79 Å². The molecule has 0 aliphatic carbocycles. The number of hydrogen-bond donors (Lipinski definition) is 2. The molecule has 0 saturated carbocycles. The Hall–Kier alpha value is -0.580. The van der Waals surface area contributed by atoms with Gasteiger partial charge in [-0.25, -0.2) is 0 Å². The molecule has 1 atom stereocenters. The molecule has 0 bridgehead atoms. The summed E-state index contributed by atoms with van der Waals surface area (Å²) in [6, 6.07) is 4.23. The van der Waals surface area contributed by atoms with Crippen molar-refractivity contribution in [1.29, 1.82) is 0 Å². The van der Waals surface area contributed by atoms with E-state index in [4.69, 9.17) is 5.73 Å². The molecule has 1 amide bonds. The molecule has 0 spiro atoms. The van der Waals surface area contributed by atoms with E-state index in [2.05, 4.69) is 18.3 Å². The van der Waals surface area contributed by atoms with Crippen LogP contribution in [0.2, 0.25) is 0 Å². The van der Waals surface area contributed by atoms with Gasteiger partial charge in [0, 0.05) is 11.3 Å². The highest BCUT2D eigenvalue weighted by molar-refractivity contribution is 7.10. The van der Waals surface area contributed by atoms with Gasteiger partial charge < -0.3 is 11.1 Å². The van der Waals surface area contributed by atoms with Crippen LogP contribution in [0.1, 0.15) is 37.1 Å². The van der Waals surface area contributed by atoms with Crippen LogP contribution in [0, 0.1) is 0 Å². The Morgan fingerprint density at radius 2 is 2.38 bits per heavy atom. The van der Waals surface area contributed by atoms with Crippen molar-refractivity contribution in [1.82, 2.24) is 5.32 Å². The van der Waals surface area contributed by atoms with Crippen LogP contribution in [0.15, 0.2) is 17.5 Å². The standard InChI is InChI=1S/C11H18N2OS.ClH/c1-2-9(10-5-4-8-15-10)13-11(14)6-3-7-12;/h4-5,8-9H,2-3,6-7,12H2,1H3,(H,13,14);1H. The first-order chi connectivity index (χ1) is 7.27. The molecule has 92 valence electrons. The first-order valence-electron chi connectivity index (χ1n) is 5.30. The molecule has 0 saturated heterocycles. The molecule has 0 aromatic carbocycles. The molecule has 0 aliphatic heterocycles. The van der Waals surface area contributed by atoms with E-state index in [0.717, 1.165) is 12.8 Å². The molecule has 1 rings (SSSR count). The maximum Gasteiger partial charge on any atom is 0.220 e. The molecular formula is C11H19ClN2OS. The van der Waals surface area contributed by atoms with Crippen molar-refractivity contribution in [2.24, 2.45) is 5.73 Å². The van der Waals surface area contributed by atoms with Crippen LogP contribution in [-0.4, -0.2) is 12.5 Å². The molecule has 1 aromatic heterocycles. The van der Waals surface area contributed by atoms with E-state index in [1.165, 1.54) is 4.88 Å². The lowest BCUT2D eigenvalue weighted by atomic mass is 10.1. The lowest BCUT2D eigenvalue weighted by Crippen LogP contribution is -2.27. The van der Waals surface area contributed by atoms with Gasteiger partial charge in [-0.15, -0.1) is 23.7 Å². The average Bonchev–Trinajstić information content (AvgIpc) is 2.76. The van der Waals surface area contributed by atoms with Crippen molar-refractivity contribution in [2.45, 2.75) is 32.2 Å². The number of amides is 1. The lowest BCUT2D eigenvalue weighted by Gasteiger charge is -2.15. The van der Waals surface area contributed by atoms with E-state index in [1.54, 1.807) is 11.3 Å². The van der Waals surface area contributed by atoms with Crippen LogP contribution in [0.25, 0.3) is 0 Å². The van der Waals surface area contributed by atoms with Gasteiger partial charge in [-0.3, -0.25) is 4.79 Å². The molecule has 0 aliphatic rings. The Morgan fingerprint density at radius 3 is 2.88 bits per heavy atom. The summed E-state index contributed by atoms with van der Waals surface area (Å²) in [5.41, 5.74) is 5.36. The zero-order valence-corrected chi connectivity index (χ0v) is 11.1. The maximum atomic E-state index is 11.5. The fourth-order valence-electron chi connectivity index (χ4n) is 1.39. The predicted molar refractivity (Wildman–Crippen MR) is 71.0 cm³/mol. The van der Waals surface area contributed by atoms with Gasteiger partial charge >= 0.3 is 0 Å². The topological polar surface area (TPSA) is 55.1 Å². The summed E-state index contributed by atoms with van der Waals surface area (Å²) in [7, 11) is 0. The molecule has 16 heavy (non-hydrogen) atoms. The average molecular weight is 263 g/mol. The third-order valence-electron chi connectivity index (χ3n) is 2.24. The quantitative estimate of drug-likeness (QED) is 0.828. The molecule has 0 radical (unpaired) electrons. The normalized spacial score (nSPS) is 11.6. The zero-order chi connectivity index (χ0) is 11.1. The summed E-state index contributed by atoms with van der Waals surface area (Å²) in [4.78, 5) is 12.7. The summed E-state index contributed by atoms with van der Waals surface area (Å²) in [6.07, 6.45) is 2.21. The van der Waals surface area contributed by atoms with Crippen LogP contribution < -0.4 is 11.1 Å². The zero-order valence-electron chi connectivity index (χ0n) is 9.44. The van der Waals surface area contributed by atoms with Crippen molar-refractivity contribution >= 4 is 29.7 Å². The van der Waals surface area contributed by atoms with Gasteiger partial charge in [-0.2, -0.15) is 0 Å². The number of nitrogens with one attached hydrogen (secondary N) is 1. The SMILES string of the molecule is CCC(NC(=O)CCCN)c1cccs1.Cl. The van der Waals surface area contributed by atoms with Gasteiger partial charge in [-0.1, -0.05) is 13.0 Å². The number of carbonyl (C=O) groups is 1. The van der Waals surface area contributed by atoms with Crippen LogP contribution in [0.4, 0.5) is 0 Å². The summed E-state index contributed by atoms with van der Waals surface area (Å²) in [5, 5.41) is 5.05. The maximum absolute atomic E-state index is 11.5. The van der Waals surface area contributed by atoms with Crippen LogP contribution in [0.3, 0.4) is 0 Å². The third kappa shape index (κ3) is 4.96. The highest BCUT2D eigenvalue weighted by Gasteiger charge is 2.12. The van der Waals surface area contributed by atoms with Crippen molar-refractivity contribution in [3.8, 4) is 0 Å². The molecule has 1 heterocycles. The Morgan fingerprint density at radius 1 is 1.62 bits per heavy atom. The number of carbonyl (C=O) groups excluding carboxylic acids is 1. The molecule has 1 aromatic rings. The first-order valence-corrected chi connectivity index (χ1v) is 6.18. The summed E-state index contributed by atoms with van der Waals surface area (Å²) in [6.45, 7) is 2.65.